The molecule has 2 aromatic carbocycles. The lowest BCUT2D eigenvalue weighted by molar-refractivity contribution is 0.395. The van der Waals surface area contributed by atoms with Crippen molar-refractivity contribution in [3.63, 3.8) is 0 Å². The van der Waals surface area contributed by atoms with Crippen molar-refractivity contribution < 1.29 is 13.9 Å². The van der Waals surface area contributed by atoms with Crippen LogP contribution in [0.5, 0.6) is 5.75 Å². The topological polar surface area (TPSA) is 32.3 Å². The van der Waals surface area contributed by atoms with Crippen molar-refractivity contribution >= 4 is 11.8 Å². The van der Waals surface area contributed by atoms with Crippen LogP contribution in [0.3, 0.4) is 0 Å². The van der Waals surface area contributed by atoms with Crippen LogP contribution >= 0.6 is 11.8 Å². The van der Waals surface area contributed by atoms with Gasteiger partial charge < -0.3 is 10.4 Å². The smallest absolute Gasteiger partial charge is 0.187 e. The van der Waals surface area contributed by atoms with Crippen LogP contribution in [0, 0.1) is 11.6 Å². The van der Waals surface area contributed by atoms with E-state index in [1.807, 2.05) is 30.3 Å². The Bertz CT molecular complexity index is 540. The molecule has 0 unspecified atom stereocenters. The Morgan fingerprint density at radius 3 is 2.35 bits per heavy atom. The summed E-state index contributed by atoms with van der Waals surface area (Å²) in [5.74, 6) is -1.91. The number of thioether (sulfide) groups is 1. The number of hydrogen-bond donors (Lipinski definition) is 2. The van der Waals surface area contributed by atoms with Gasteiger partial charge in [-0.25, -0.2) is 8.78 Å². The van der Waals surface area contributed by atoms with E-state index in [9.17, 15) is 8.78 Å². The Morgan fingerprint density at radius 2 is 1.70 bits per heavy atom. The minimum Gasteiger partial charge on any atom is -0.503 e. The second-order valence-corrected chi connectivity index (χ2v) is 5.41. The molecule has 2 rings (SSSR count). The van der Waals surface area contributed by atoms with Crippen molar-refractivity contribution in [1.82, 2.24) is 5.32 Å². The first-order valence-electron chi connectivity index (χ1n) is 6.22. The molecule has 0 aliphatic heterocycles. The van der Waals surface area contributed by atoms with Crippen LogP contribution in [-0.2, 0) is 6.54 Å². The first-order valence-corrected chi connectivity index (χ1v) is 7.21. The normalized spacial score (nSPS) is 10.7. The maximum atomic E-state index is 13.1. The van der Waals surface area contributed by atoms with E-state index in [4.69, 9.17) is 5.11 Å². The SMILES string of the molecule is Oc1c(F)cc(CNCCSc2ccccc2)cc1F. The Hall–Kier alpha value is -1.59. The van der Waals surface area contributed by atoms with Crippen LogP contribution in [-0.4, -0.2) is 17.4 Å². The summed E-state index contributed by atoms with van der Waals surface area (Å²) < 4.78 is 26.2. The Kier molecular flexibility index (Phi) is 5.38. The number of phenolic OH excluding ortho intramolecular Hbond substituents is 1. The van der Waals surface area contributed by atoms with Crippen molar-refractivity contribution in [3.05, 3.63) is 59.7 Å². The van der Waals surface area contributed by atoms with Crippen molar-refractivity contribution in [2.24, 2.45) is 0 Å². The molecule has 2 N–H and O–H groups in total. The van der Waals surface area contributed by atoms with E-state index in [1.54, 1.807) is 11.8 Å². The summed E-state index contributed by atoms with van der Waals surface area (Å²) >= 11 is 1.71. The van der Waals surface area contributed by atoms with E-state index in [0.29, 0.717) is 12.1 Å². The van der Waals surface area contributed by atoms with Gasteiger partial charge in [0.15, 0.2) is 17.4 Å². The van der Waals surface area contributed by atoms with E-state index < -0.39 is 17.4 Å². The van der Waals surface area contributed by atoms with Gasteiger partial charge in [-0.3, -0.25) is 0 Å². The van der Waals surface area contributed by atoms with Crippen LogP contribution in [0.25, 0.3) is 0 Å². The van der Waals surface area contributed by atoms with Crippen LogP contribution in [0.2, 0.25) is 0 Å². The maximum Gasteiger partial charge on any atom is 0.187 e. The summed E-state index contributed by atoms with van der Waals surface area (Å²) in [7, 11) is 0. The molecule has 0 saturated heterocycles. The van der Waals surface area contributed by atoms with E-state index in [1.165, 1.54) is 4.90 Å². The molecule has 0 bridgehead atoms. The Labute approximate surface area is 120 Å². The predicted molar refractivity (Wildman–Crippen MR) is 76.9 cm³/mol. The average Bonchev–Trinajstić information content (AvgIpc) is 2.45. The summed E-state index contributed by atoms with van der Waals surface area (Å²) in [4.78, 5) is 1.19. The number of aromatic hydroxyl groups is 1. The number of benzene rings is 2. The summed E-state index contributed by atoms with van der Waals surface area (Å²) in [6.07, 6.45) is 0. The number of hydrogen-bond acceptors (Lipinski definition) is 3. The van der Waals surface area contributed by atoms with Crippen molar-refractivity contribution in [3.8, 4) is 5.75 Å². The van der Waals surface area contributed by atoms with E-state index in [-0.39, 0.29) is 0 Å². The van der Waals surface area contributed by atoms with Gasteiger partial charge in [-0.2, -0.15) is 0 Å². The fraction of sp³-hybridized carbons (Fsp3) is 0.200. The molecule has 0 saturated carbocycles. The van der Waals surface area contributed by atoms with Gasteiger partial charge in [0.25, 0.3) is 0 Å². The third-order valence-corrected chi connectivity index (χ3v) is 3.71. The summed E-state index contributed by atoms with van der Waals surface area (Å²) in [5, 5.41) is 12.1. The molecular weight excluding hydrogens is 280 g/mol. The highest BCUT2D eigenvalue weighted by Gasteiger charge is 2.08. The second-order valence-electron chi connectivity index (χ2n) is 4.25. The highest BCUT2D eigenvalue weighted by atomic mass is 32.2. The molecule has 20 heavy (non-hydrogen) atoms. The lowest BCUT2D eigenvalue weighted by Crippen LogP contribution is -2.16. The van der Waals surface area contributed by atoms with E-state index in [0.717, 1.165) is 24.4 Å². The highest BCUT2D eigenvalue weighted by molar-refractivity contribution is 7.99. The summed E-state index contributed by atoms with van der Waals surface area (Å²) in [6.45, 7) is 1.09. The van der Waals surface area contributed by atoms with Gasteiger partial charge in [0.05, 0.1) is 0 Å². The maximum absolute atomic E-state index is 13.1. The van der Waals surface area contributed by atoms with Crippen LogP contribution in [0.1, 0.15) is 5.56 Å². The summed E-state index contributed by atoms with van der Waals surface area (Å²) in [6, 6.07) is 12.3. The molecule has 2 aromatic rings. The molecule has 106 valence electrons. The fourth-order valence-electron chi connectivity index (χ4n) is 1.71. The molecule has 2 nitrogen and oxygen atoms in total. The van der Waals surface area contributed by atoms with E-state index in [2.05, 4.69) is 5.32 Å². The number of halogens is 2. The molecular formula is C15H15F2NOS. The minimum absolute atomic E-state index is 0.365. The molecule has 0 aromatic heterocycles. The van der Waals surface area contributed by atoms with Gasteiger partial charge in [0.1, 0.15) is 0 Å². The zero-order valence-corrected chi connectivity index (χ0v) is 11.6. The van der Waals surface area contributed by atoms with Gasteiger partial charge in [-0.15, -0.1) is 11.8 Å². The van der Waals surface area contributed by atoms with Gasteiger partial charge in [-0.05, 0) is 29.8 Å². The predicted octanol–water partition coefficient (Wildman–Crippen LogP) is 3.55. The molecule has 0 aliphatic rings. The first-order chi connectivity index (χ1) is 9.66. The Balaban J connectivity index is 1.74. The van der Waals surface area contributed by atoms with Crippen LogP contribution < -0.4 is 5.32 Å². The van der Waals surface area contributed by atoms with Crippen LogP contribution in [0.4, 0.5) is 8.78 Å². The van der Waals surface area contributed by atoms with Crippen molar-refractivity contribution in [2.75, 3.05) is 12.3 Å². The molecule has 0 radical (unpaired) electrons. The largest absolute Gasteiger partial charge is 0.503 e. The van der Waals surface area contributed by atoms with E-state index >= 15 is 0 Å². The highest BCUT2D eigenvalue weighted by Crippen LogP contribution is 2.21. The lowest BCUT2D eigenvalue weighted by atomic mass is 10.2. The quantitative estimate of drug-likeness (QED) is 0.631. The number of nitrogens with one attached hydrogen (secondary N) is 1. The molecule has 5 heteroatoms. The Morgan fingerprint density at radius 1 is 1.05 bits per heavy atom. The van der Waals surface area contributed by atoms with Gasteiger partial charge >= 0.3 is 0 Å². The third kappa shape index (κ3) is 4.21. The minimum atomic E-state index is -0.930. The molecule has 0 spiro atoms. The second kappa shape index (κ2) is 7.26. The molecule has 0 atom stereocenters. The fourth-order valence-corrected chi connectivity index (χ4v) is 2.54. The monoisotopic (exact) mass is 295 g/mol. The average molecular weight is 295 g/mol. The first kappa shape index (κ1) is 14.8. The third-order valence-electron chi connectivity index (χ3n) is 2.70. The number of phenols is 1. The molecule has 0 fully saturated rings. The zero-order valence-electron chi connectivity index (χ0n) is 10.8. The van der Waals surface area contributed by atoms with Crippen LogP contribution in [0.15, 0.2) is 47.4 Å². The van der Waals surface area contributed by atoms with Gasteiger partial charge in [-0.1, -0.05) is 18.2 Å². The van der Waals surface area contributed by atoms with Gasteiger partial charge in [0, 0.05) is 23.7 Å². The molecule has 0 aliphatic carbocycles. The lowest BCUT2D eigenvalue weighted by Gasteiger charge is -2.06. The van der Waals surface area contributed by atoms with Crippen molar-refractivity contribution in [1.29, 1.82) is 0 Å². The van der Waals surface area contributed by atoms with Crippen molar-refractivity contribution in [2.45, 2.75) is 11.4 Å². The molecule has 0 heterocycles. The standard InChI is InChI=1S/C15H15F2NOS/c16-13-8-11(9-14(17)15(13)19)10-18-6-7-20-12-4-2-1-3-5-12/h1-5,8-9,18-19H,6-7,10H2. The zero-order chi connectivity index (χ0) is 14.4. The number of rotatable bonds is 6. The van der Waals surface area contributed by atoms with Gasteiger partial charge in [0.2, 0.25) is 0 Å². The molecule has 0 amide bonds. The summed E-state index contributed by atoms with van der Waals surface area (Å²) in [5.41, 5.74) is 0.475.